The number of rotatable bonds is 6. The van der Waals surface area contributed by atoms with Gasteiger partial charge in [0.15, 0.2) is 11.5 Å². The second-order valence-corrected chi connectivity index (χ2v) is 4.76. The molecule has 1 rings (SSSR count). The summed E-state index contributed by atoms with van der Waals surface area (Å²) in [5.41, 5.74) is 5.75. The molecule has 0 fully saturated rings. The predicted molar refractivity (Wildman–Crippen MR) is 74.4 cm³/mol. The van der Waals surface area contributed by atoms with Crippen LogP contribution in [0.2, 0.25) is 0 Å². The maximum Gasteiger partial charge on any atom is 0.255 e. The quantitative estimate of drug-likeness (QED) is 0.728. The van der Waals surface area contributed by atoms with Crippen LogP contribution in [-0.4, -0.2) is 30.7 Å². The number of para-hydroxylation sites is 1. The number of carbonyl (C=O) groups is 1. The Bertz CT molecular complexity index is 433. The average molecular weight is 266 g/mol. The highest BCUT2D eigenvalue weighted by Gasteiger charge is 2.19. The van der Waals surface area contributed by atoms with Crippen molar-refractivity contribution in [3.05, 3.63) is 23.8 Å². The SMILES string of the molecule is COc1cccc(C(=O)NC(CCN)C(C)C)c1O. The number of amides is 1. The molecule has 1 aromatic carbocycles. The monoisotopic (exact) mass is 266 g/mol. The molecule has 1 unspecified atom stereocenters. The van der Waals surface area contributed by atoms with E-state index in [9.17, 15) is 9.90 Å². The molecule has 0 aliphatic carbocycles. The fraction of sp³-hybridized carbons (Fsp3) is 0.500. The summed E-state index contributed by atoms with van der Waals surface area (Å²) in [5.74, 6) is 0.106. The van der Waals surface area contributed by atoms with Crippen molar-refractivity contribution in [3.63, 3.8) is 0 Å². The molecule has 1 atom stereocenters. The van der Waals surface area contributed by atoms with Crippen LogP contribution in [-0.2, 0) is 0 Å². The Balaban J connectivity index is 2.88. The lowest BCUT2D eigenvalue weighted by Crippen LogP contribution is -2.39. The van der Waals surface area contributed by atoms with Gasteiger partial charge in [0.2, 0.25) is 0 Å². The number of benzene rings is 1. The molecular formula is C14H22N2O3. The van der Waals surface area contributed by atoms with Crippen molar-refractivity contribution in [2.24, 2.45) is 11.7 Å². The Morgan fingerprint density at radius 2 is 2.16 bits per heavy atom. The van der Waals surface area contributed by atoms with Crippen molar-refractivity contribution < 1.29 is 14.6 Å². The summed E-state index contributed by atoms with van der Waals surface area (Å²) in [6.07, 6.45) is 0.703. The minimum Gasteiger partial charge on any atom is -0.504 e. The predicted octanol–water partition coefficient (Wildman–Crippen LogP) is 1.50. The van der Waals surface area contributed by atoms with Crippen molar-refractivity contribution in [1.29, 1.82) is 0 Å². The van der Waals surface area contributed by atoms with Crippen LogP contribution in [0.3, 0.4) is 0 Å². The Kier molecular flexibility index (Phi) is 5.63. The molecule has 5 nitrogen and oxygen atoms in total. The molecule has 0 aromatic heterocycles. The summed E-state index contributed by atoms with van der Waals surface area (Å²) in [7, 11) is 1.45. The summed E-state index contributed by atoms with van der Waals surface area (Å²) in [6, 6.07) is 4.82. The molecule has 0 spiro atoms. The number of aromatic hydroxyl groups is 1. The lowest BCUT2D eigenvalue weighted by Gasteiger charge is -2.22. The number of ether oxygens (including phenoxy) is 1. The molecule has 0 aliphatic rings. The van der Waals surface area contributed by atoms with Gasteiger partial charge in [-0.3, -0.25) is 4.79 Å². The number of nitrogens with two attached hydrogens (primary N) is 1. The van der Waals surface area contributed by atoms with Gasteiger partial charge < -0.3 is 20.9 Å². The maximum atomic E-state index is 12.2. The van der Waals surface area contributed by atoms with Crippen molar-refractivity contribution in [2.45, 2.75) is 26.3 Å². The van der Waals surface area contributed by atoms with Crippen molar-refractivity contribution in [3.8, 4) is 11.5 Å². The van der Waals surface area contributed by atoms with Crippen LogP contribution in [0.4, 0.5) is 0 Å². The summed E-state index contributed by atoms with van der Waals surface area (Å²) in [6.45, 7) is 4.55. The Morgan fingerprint density at radius 1 is 1.47 bits per heavy atom. The second kappa shape index (κ2) is 6.99. The smallest absolute Gasteiger partial charge is 0.255 e. The van der Waals surface area contributed by atoms with Gasteiger partial charge >= 0.3 is 0 Å². The summed E-state index contributed by atoms with van der Waals surface area (Å²) in [5, 5.41) is 12.8. The largest absolute Gasteiger partial charge is 0.504 e. The molecule has 0 saturated heterocycles. The molecule has 1 amide bonds. The minimum atomic E-state index is -0.316. The fourth-order valence-corrected chi connectivity index (χ4v) is 1.87. The zero-order valence-corrected chi connectivity index (χ0v) is 11.6. The highest BCUT2D eigenvalue weighted by molar-refractivity contribution is 5.97. The highest BCUT2D eigenvalue weighted by atomic mass is 16.5. The molecule has 19 heavy (non-hydrogen) atoms. The van der Waals surface area contributed by atoms with Gasteiger partial charge in [-0.15, -0.1) is 0 Å². The molecule has 0 radical (unpaired) electrons. The van der Waals surface area contributed by atoms with Crippen molar-refractivity contribution in [2.75, 3.05) is 13.7 Å². The van der Waals surface area contributed by atoms with E-state index >= 15 is 0 Å². The number of methoxy groups -OCH3 is 1. The first-order valence-corrected chi connectivity index (χ1v) is 6.38. The summed E-state index contributed by atoms with van der Waals surface area (Å²) >= 11 is 0. The third-order valence-corrected chi connectivity index (χ3v) is 3.06. The van der Waals surface area contributed by atoms with E-state index in [0.717, 1.165) is 0 Å². The molecule has 0 aliphatic heterocycles. The van der Waals surface area contributed by atoms with E-state index in [4.69, 9.17) is 10.5 Å². The van der Waals surface area contributed by atoms with E-state index in [1.165, 1.54) is 7.11 Å². The van der Waals surface area contributed by atoms with Gasteiger partial charge in [-0.25, -0.2) is 0 Å². The third kappa shape index (κ3) is 3.86. The zero-order valence-electron chi connectivity index (χ0n) is 11.6. The molecule has 0 saturated carbocycles. The van der Waals surface area contributed by atoms with Gasteiger partial charge in [-0.05, 0) is 31.0 Å². The average Bonchev–Trinajstić information content (AvgIpc) is 2.38. The molecule has 5 heteroatoms. The van der Waals surface area contributed by atoms with Crippen LogP contribution < -0.4 is 15.8 Å². The topological polar surface area (TPSA) is 84.6 Å². The first kappa shape index (κ1) is 15.3. The molecule has 106 valence electrons. The lowest BCUT2D eigenvalue weighted by atomic mass is 10.0. The fourth-order valence-electron chi connectivity index (χ4n) is 1.87. The van der Waals surface area contributed by atoms with Crippen molar-refractivity contribution in [1.82, 2.24) is 5.32 Å². The minimum absolute atomic E-state index is 0.0110. The highest BCUT2D eigenvalue weighted by Crippen LogP contribution is 2.29. The number of hydrogen-bond donors (Lipinski definition) is 3. The van der Waals surface area contributed by atoms with Crippen LogP contribution in [0.5, 0.6) is 11.5 Å². The van der Waals surface area contributed by atoms with Gasteiger partial charge in [-0.2, -0.15) is 0 Å². The third-order valence-electron chi connectivity index (χ3n) is 3.06. The molecule has 0 heterocycles. The first-order valence-electron chi connectivity index (χ1n) is 6.38. The number of phenolic OH excluding ortho intramolecular Hbond substituents is 1. The summed E-state index contributed by atoms with van der Waals surface area (Å²) < 4.78 is 4.99. The van der Waals surface area contributed by atoms with Gasteiger partial charge in [0.25, 0.3) is 5.91 Å². The lowest BCUT2D eigenvalue weighted by molar-refractivity contribution is 0.0920. The van der Waals surface area contributed by atoms with Gasteiger partial charge in [0.1, 0.15) is 0 Å². The number of hydrogen-bond acceptors (Lipinski definition) is 4. The van der Waals surface area contributed by atoms with Crippen molar-refractivity contribution >= 4 is 5.91 Å². The standard InChI is InChI=1S/C14H22N2O3/c1-9(2)11(7-8-15)16-14(18)10-5-4-6-12(19-3)13(10)17/h4-6,9,11,17H,7-8,15H2,1-3H3,(H,16,18). The second-order valence-electron chi connectivity index (χ2n) is 4.76. The van der Waals surface area contributed by atoms with E-state index in [-0.39, 0.29) is 34.9 Å². The molecule has 4 N–H and O–H groups in total. The van der Waals surface area contributed by atoms with E-state index in [1.807, 2.05) is 13.8 Å². The van der Waals surface area contributed by atoms with E-state index in [0.29, 0.717) is 13.0 Å². The number of nitrogens with one attached hydrogen (secondary N) is 1. The molecule has 1 aromatic rings. The maximum absolute atomic E-state index is 12.2. The number of carbonyl (C=O) groups excluding carboxylic acids is 1. The Morgan fingerprint density at radius 3 is 2.68 bits per heavy atom. The van der Waals surface area contributed by atoms with E-state index < -0.39 is 0 Å². The summed E-state index contributed by atoms with van der Waals surface area (Å²) in [4.78, 5) is 12.2. The normalized spacial score (nSPS) is 12.3. The first-order chi connectivity index (χ1) is 9.01. The van der Waals surface area contributed by atoms with E-state index in [2.05, 4.69) is 5.32 Å². The van der Waals surface area contributed by atoms with Crippen LogP contribution in [0, 0.1) is 5.92 Å². The van der Waals surface area contributed by atoms with Crippen LogP contribution in [0.25, 0.3) is 0 Å². The Hall–Kier alpha value is -1.75. The van der Waals surface area contributed by atoms with Gasteiger partial charge in [-0.1, -0.05) is 19.9 Å². The van der Waals surface area contributed by atoms with Crippen LogP contribution >= 0.6 is 0 Å². The zero-order chi connectivity index (χ0) is 14.4. The Labute approximate surface area is 113 Å². The van der Waals surface area contributed by atoms with E-state index in [1.54, 1.807) is 18.2 Å². The van der Waals surface area contributed by atoms with Gasteiger partial charge in [0, 0.05) is 6.04 Å². The van der Waals surface area contributed by atoms with Crippen LogP contribution in [0.15, 0.2) is 18.2 Å². The molecular weight excluding hydrogens is 244 g/mol. The van der Waals surface area contributed by atoms with Crippen LogP contribution in [0.1, 0.15) is 30.6 Å². The van der Waals surface area contributed by atoms with Gasteiger partial charge in [0.05, 0.1) is 12.7 Å². The molecule has 0 bridgehead atoms. The number of phenols is 1.